The normalized spacial score (nSPS) is 11.4. The van der Waals surface area contributed by atoms with Crippen LogP contribution in [0.5, 0.6) is 11.5 Å². The molecule has 1 N–H and O–H groups in total. The SMILES string of the molecule is CC(C)(C)c1ccc(Oc2ccc(Cl)cc2CO)cc1. The number of hydrogen-bond donors (Lipinski definition) is 1. The Hall–Kier alpha value is -1.51. The van der Waals surface area contributed by atoms with E-state index in [-0.39, 0.29) is 12.0 Å². The van der Waals surface area contributed by atoms with Crippen LogP contribution in [0.4, 0.5) is 0 Å². The Kier molecular flexibility index (Phi) is 4.36. The standard InChI is InChI=1S/C17H19ClO2/c1-17(2,3)13-4-7-15(8-5-13)20-16-9-6-14(18)10-12(16)11-19/h4-10,19H,11H2,1-3H3. The number of benzene rings is 2. The van der Waals surface area contributed by atoms with Crippen LogP contribution in [0.3, 0.4) is 0 Å². The summed E-state index contributed by atoms with van der Waals surface area (Å²) in [6, 6.07) is 13.2. The third kappa shape index (κ3) is 3.53. The molecule has 20 heavy (non-hydrogen) atoms. The zero-order valence-corrected chi connectivity index (χ0v) is 12.7. The average molecular weight is 291 g/mol. The molecule has 2 aromatic rings. The van der Waals surface area contributed by atoms with Crippen LogP contribution in [0.25, 0.3) is 0 Å². The summed E-state index contributed by atoms with van der Waals surface area (Å²) in [4.78, 5) is 0. The van der Waals surface area contributed by atoms with Crippen LogP contribution in [0.15, 0.2) is 42.5 Å². The van der Waals surface area contributed by atoms with Gasteiger partial charge in [0.15, 0.2) is 0 Å². The summed E-state index contributed by atoms with van der Waals surface area (Å²) in [5, 5.41) is 9.92. The first-order chi connectivity index (χ1) is 9.40. The van der Waals surface area contributed by atoms with Crippen LogP contribution in [-0.4, -0.2) is 5.11 Å². The summed E-state index contributed by atoms with van der Waals surface area (Å²) in [5.74, 6) is 1.37. The van der Waals surface area contributed by atoms with Gasteiger partial charge in [-0.2, -0.15) is 0 Å². The molecule has 0 amide bonds. The number of halogens is 1. The first-order valence-corrected chi connectivity index (χ1v) is 6.95. The lowest BCUT2D eigenvalue weighted by molar-refractivity contribution is 0.276. The molecule has 0 saturated heterocycles. The molecule has 0 heterocycles. The third-order valence-electron chi connectivity index (χ3n) is 3.14. The first kappa shape index (κ1) is 14.9. The molecule has 0 aliphatic heterocycles. The van der Waals surface area contributed by atoms with Gasteiger partial charge in [0.05, 0.1) is 6.61 Å². The Morgan fingerprint density at radius 3 is 2.25 bits per heavy atom. The lowest BCUT2D eigenvalue weighted by atomic mass is 9.87. The third-order valence-corrected chi connectivity index (χ3v) is 3.38. The van der Waals surface area contributed by atoms with Crippen molar-refractivity contribution in [3.8, 4) is 11.5 Å². The lowest BCUT2D eigenvalue weighted by Crippen LogP contribution is -2.10. The zero-order valence-electron chi connectivity index (χ0n) is 12.0. The Balaban J connectivity index is 2.22. The number of aliphatic hydroxyl groups is 1. The molecule has 0 atom stereocenters. The molecule has 2 rings (SSSR count). The number of aliphatic hydroxyl groups excluding tert-OH is 1. The highest BCUT2D eigenvalue weighted by Crippen LogP contribution is 2.30. The molecule has 106 valence electrons. The first-order valence-electron chi connectivity index (χ1n) is 6.58. The van der Waals surface area contributed by atoms with Gasteiger partial charge in [0.1, 0.15) is 11.5 Å². The molecular weight excluding hydrogens is 272 g/mol. The van der Waals surface area contributed by atoms with Gasteiger partial charge in [0.25, 0.3) is 0 Å². The predicted octanol–water partition coefficient (Wildman–Crippen LogP) is 4.92. The smallest absolute Gasteiger partial charge is 0.133 e. The molecule has 0 aromatic heterocycles. The highest BCUT2D eigenvalue weighted by atomic mass is 35.5. The lowest BCUT2D eigenvalue weighted by Gasteiger charge is -2.19. The maximum Gasteiger partial charge on any atom is 0.133 e. The molecule has 0 aliphatic carbocycles. The van der Waals surface area contributed by atoms with Crippen LogP contribution in [0, 0.1) is 0 Å². The molecule has 0 saturated carbocycles. The summed E-state index contributed by atoms with van der Waals surface area (Å²) in [6.07, 6.45) is 0. The van der Waals surface area contributed by atoms with E-state index < -0.39 is 0 Å². The van der Waals surface area contributed by atoms with Crippen molar-refractivity contribution in [2.45, 2.75) is 32.8 Å². The van der Waals surface area contributed by atoms with E-state index in [2.05, 4.69) is 32.9 Å². The molecule has 0 fully saturated rings. The molecule has 3 heteroatoms. The summed E-state index contributed by atoms with van der Waals surface area (Å²) in [5.41, 5.74) is 2.05. The number of rotatable bonds is 3. The molecule has 0 unspecified atom stereocenters. The van der Waals surface area contributed by atoms with Gasteiger partial charge in [-0.15, -0.1) is 0 Å². The quantitative estimate of drug-likeness (QED) is 0.869. The molecule has 2 aromatic carbocycles. The summed E-state index contributed by atoms with van der Waals surface area (Å²) in [6.45, 7) is 6.42. The molecule has 0 spiro atoms. The van der Waals surface area contributed by atoms with E-state index in [1.807, 2.05) is 12.1 Å². The topological polar surface area (TPSA) is 29.5 Å². The Morgan fingerprint density at radius 2 is 1.70 bits per heavy atom. The summed E-state index contributed by atoms with van der Waals surface area (Å²) >= 11 is 5.90. The van der Waals surface area contributed by atoms with Crippen LogP contribution in [0.1, 0.15) is 31.9 Å². The van der Waals surface area contributed by atoms with E-state index >= 15 is 0 Å². The highest BCUT2D eigenvalue weighted by molar-refractivity contribution is 6.30. The fraction of sp³-hybridized carbons (Fsp3) is 0.294. The average Bonchev–Trinajstić information content (AvgIpc) is 2.40. The largest absolute Gasteiger partial charge is 0.457 e. The monoisotopic (exact) mass is 290 g/mol. The maximum absolute atomic E-state index is 9.33. The molecule has 0 bridgehead atoms. The van der Waals surface area contributed by atoms with Gasteiger partial charge in [-0.05, 0) is 41.3 Å². The van der Waals surface area contributed by atoms with E-state index in [0.29, 0.717) is 16.3 Å². The minimum absolute atomic E-state index is 0.101. The van der Waals surface area contributed by atoms with Crippen LogP contribution < -0.4 is 4.74 Å². The summed E-state index contributed by atoms with van der Waals surface area (Å²) in [7, 11) is 0. The van der Waals surface area contributed by atoms with Crippen molar-refractivity contribution in [1.29, 1.82) is 0 Å². The second-order valence-electron chi connectivity index (χ2n) is 5.79. The Labute approximate surface area is 125 Å². The summed E-state index contributed by atoms with van der Waals surface area (Å²) < 4.78 is 5.80. The van der Waals surface area contributed by atoms with Crippen molar-refractivity contribution in [3.63, 3.8) is 0 Å². The zero-order chi connectivity index (χ0) is 14.8. The fourth-order valence-corrected chi connectivity index (χ4v) is 2.12. The van der Waals surface area contributed by atoms with E-state index in [4.69, 9.17) is 16.3 Å². The maximum atomic E-state index is 9.33. The van der Waals surface area contributed by atoms with E-state index in [1.165, 1.54) is 5.56 Å². The number of hydrogen-bond acceptors (Lipinski definition) is 2. The minimum atomic E-state index is -0.101. The van der Waals surface area contributed by atoms with Gasteiger partial charge in [0.2, 0.25) is 0 Å². The van der Waals surface area contributed by atoms with E-state index in [0.717, 1.165) is 5.75 Å². The van der Waals surface area contributed by atoms with Gasteiger partial charge >= 0.3 is 0 Å². The molecule has 0 aliphatic rings. The Bertz CT molecular complexity index is 583. The second kappa shape index (κ2) is 5.86. The van der Waals surface area contributed by atoms with Gasteiger partial charge in [-0.3, -0.25) is 0 Å². The van der Waals surface area contributed by atoms with Crippen LogP contribution >= 0.6 is 11.6 Å². The van der Waals surface area contributed by atoms with Crippen molar-refractivity contribution in [1.82, 2.24) is 0 Å². The van der Waals surface area contributed by atoms with Gasteiger partial charge in [0, 0.05) is 10.6 Å². The van der Waals surface area contributed by atoms with Crippen molar-refractivity contribution in [2.24, 2.45) is 0 Å². The fourth-order valence-electron chi connectivity index (χ4n) is 1.92. The van der Waals surface area contributed by atoms with Gasteiger partial charge in [-0.25, -0.2) is 0 Å². The molecule has 2 nitrogen and oxygen atoms in total. The van der Waals surface area contributed by atoms with Crippen molar-refractivity contribution in [3.05, 3.63) is 58.6 Å². The molecule has 0 radical (unpaired) electrons. The minimum Gasteiger partial charge on any atom is -0.457 e. The van der Waals surface area contributed by atoms with Gasteiger partial charge in [-0.1, -0.05) is 44.5 Å². The van der Waals surface area contributed by atoms with Crippen molar-refractivity contribution < 1.29 is 9.84 Å². The van der Waals surface area contributed by atoms with Crippen molar-refractivity contribution in [2.75, 3.05) is 0 Å². The predicted molar refractivity (Wildman–Crippen MR) is 82.6 cm³/mol. The highest BCUT2D eigenvalue weighted by Gasteiger charge is 2.13. The van der Waals surface area contributed by atoms with Gasteiger partial charge < -0.3 is 9.84 Å². The van der Waals surface area contributed by atoms with Crippen molar-refractivity contribution >= 4 is 11.6 Å². The Morgan fingerprint density at radius 1 is 1.05 bits per heavy atom. The second-order valence-corrected chi connectivity index (χ2v) is 6.22. The molecular formula is C17H19ClO2. The van der Waals surface area contributed by atoms with Crippen LogP contribution in [0.2, 0.25) is 5.02 Å². The van der Waals surface area contributed by atoms with E-state index in [9.17, 15) is 5.11 Å². The van der Waals surface area contributed by atoms with E-state index in [1.54, 1.807) is 18.2 Å². The van der Waals surface area contributed by atoms with Crippen LogP contribution in [-0.2, 0) is 12.0 Å². The number of ether oxygens (including phenoxy) is 1.